The first kappa shape index (κ1) is 18.5. The Hall–Kier alpha value is -2.86. The molecule has 0 saturated heterocycles. The molecule has 0 unspecified atom stereocenters. The zero-order valence-electron chi connectivity index (χ0n) is 15.7. The monoisotopic (exact) mass is 397 g/mol. The molecular weight excluding hydrogens is 378 g/mol. The summed E-state index contributed by atoms with van der Waals surface area (Å²) >= 11 is 5.87. The Morgan fingerprint density at radius 3 is 2.75 bits per heavy atom. The molecule has 0 spiro atoms. The molecule has 6 nitrogen and oxygen atoms in total. The molecule has 2 aromatic heterocycles. The van der Waals surface area contributed by atoms with E-state index in [0.29, 0.717) is 17.0 Å². The van der Waals surface area contributed by atoms with Crippen molar-refractivity contribution >= 4 is 23.6 Å². The number of carbonyl (C=O) groups excluding carboxylic acids is 1. The fourth-order valence-electron chi connectivity index (χ4n) is 3.23. The first-order chi connectivity index (χ1) is 13.5. The second-order valence-electron chi connectivity index (χ2n) is 6.88. The molecular formula is C21H20ClN3O3. The molecule has 0 N–H and O–H groups in total. The third kappa shape index (κ3) is 4.02. The van der Waals surface area contributed by atoms with E-state index in [1.807, 2.05) is 0 Å². The summed E-state index contributed by atoms with van der Waals surface area (Å²) in [5.41, 5.74) is 4.17. The van der Waals surface area contributed by atoms with Crippen molar-refractivity contribution in [2.75, 3.05) is 0 Å². The molecule has 0 radical (unpaired) electrons. The molecule has 1 aliphatic carbocycles. The highest BCUT2D eigenvalue weighted by atomic mass is 35.5. The largest absolute Gasteiger partial charge is 0.452 e. The van der Waals surface area contributed by atoms with E-state index in [-0.39, 0.29) is 12.5 Å². The van der Waals surface area contributed by atoms with Crippen molar-refractivity contribution in [1.82, 2.24) is 14.8 Å². The third-order valence-corrected chi connectivity index (χ3v) is 4.98. The van der Waals surface area contributed by atoms with Gasteiger partial charge >= 0.3 is 5.97 Å². The Morgan fingerprint density at radius 1 is 1.29 bits per heavy atom. The van der Waals surface area contributed by atoms with Crippen molar-refractivity contribution in [3.63, 3.8) is 0 Å². The topological polar surface area (TPSA) is 70.2 Å². The van der Waals surface area contributed by atoms with Gasteiger partial charge in [0.25, 0.3) is 5.89 Å². The molecule has 2 heterocycles. The van der Waals surface area contributed by atoms with E-state index in [4.69, 9.17) is 20.8 Å². The van der Waals surface area contributed by atoms with Gasteiger partial charge < -0.3 is 13.7 Å². The van der Waals surface area contributed by atoms with E-state index in [1.54, 1.807) is 30.3 Å². The van der Waals surface area contributed by atoms with Crippen molar-refractivity contribution in [1.29, 1.82) is 0 Å². The highest BCUT2D eigenvalue weighted by molar-refractivity contribution is 6.30. The smallest absolute Gasteiger partial charge is 0.331 e. The highest BCUT2D eigenvalue weighted by Crippen LogP contribution is 2.38. The molecule has 0 atom stereocenters. The van der Waals surface area contributed by atoms with Crippen LogP contribution in [0.1, 0.15) is 41.7 Å². The van der Waals surface area contributed by atoms with Crippen LogP contribution in [0.2, 0.25) is 5.02 Å². The summed E-state index contributed by atoms with van der Waals surface area (Å²) in [4.78, 5) is 12.0. The van der Waals surface area contributed by atoms with Gasteiger partial charge in [-0.25, -0.2) is 4.79 Å². The average Bonchev–Trinajstić information content (AvgIpc) is 3.32. The molecule has 3 aromatic rings. The fraction of sp³-hybridized carbons (Fsp3) is 0.286. The van der Waals surface area contributed by atoms with Crippen LogP contribution in [-0.2, 0) is 16.1 Å². The van der Waals surface area contributed by atoms with Gasteiger partial charge in [-0.3, -0.25) is 0 Å². The fourth-order valence-corrected chi connectivity index (χ4v) is 3.35. The summed E-state index contributed by atoms with van der Waals surface area (Å²) in [5.74, 6) is 0.131. The van der Waals surface area contributed by atoms with E-state index >= 15 is 0 Å². The molecule has 0 amide bonds. The number of benzene rings is 1. The second-order valence-corrected chi connectivity index (χ2v) is 7.31. The number of nitrogens with zero attached hydrogens (tertiary/aromatic N) is 3. The second kappa shape index (κ2) is 7.64. The van der Waals surface area contributed by atoms with Crippen LogP contribution in [0.5, 0.6) is 0 Å². The van der Waals surface area contributed by atoms with Gasteiger partial charge in [0.1, 0.15) is 0 Å². The van der Waals surface area contributed by atoms with Gasteiger partial charge in [-0.05, 0) is 68.7 Å². The lowest BCUT2D eigenvalue weighted by molar-refractivity contribution is -0.139. The third-order valence-electron chi connectivity index (χ3n) is 4.73. The van der Waals surface area contributed by atoms with Gasteiger partial charge in [0, 0.05) is 34.1 Å². The number of ether oxygens (including phenoxy) is 1. The Kier molecular flexibility index (Phi) is 5.05. The Labute approximate surface area is 167 Å². The van der Waals surface area contributed by atoms with Crippen molar-refractivity contribution < 1.29 is 13.9 Å². The van der Waals surface area contributed by atoms with Crippen molar-refractivity contribution in [3.05, 3.63) is 64.3 Å². The standard InChI is InChI=1S/C21H20ClN3O3/c1-13-11-16(14(2)25(13)18-8-9-18)5-10-20(26)27-12-19-23-24-21(28-19)15-3-6-17(22)7-4-15/h3-7,10-11,18H,8-9,12H2,1-2H3/b10-5+. The van der Waals surface area contributed by atoms with Gasteiger partial charge in [0.05, 0.1) is 0 Å². The molecule has 144 valence electrons. The van der Waals surface area contributed by atoms with Gasteiger partial charge in [-0.1, -0.05) is 11.6 Å². The van der Waals surface area contributed by atoms with E-state index in [1.165, 1.54) is 30.3 Å². The first-order valence-electron chi connectivity index (χ1n) is 9.13. The summed E-state index contributed by atoms with van der Waals surface area (Å²) in [6.07, 6.45) is 5.67. The van der Waals surface area contributed by atoms with Crippen LogP contribution in [0.15, 0.2) is 40.8 Å². The van der Waals surface area contributed by atoms with Crippen LogP contribution in [-0.4, -0.2) is 20.7 Å². The Bertz CT molecular complexity index is 1030. The van der Waals surface area contributed by atoms with E-state index in [2.05, 4.69) is 34.7 Å². The molecule has 7 heteroatoms. The number of rotatable bonds is 6. The van der Waals surface area contributed by atoms with Crippen LogP contribution in [0.4, 0.5) is 0 Å². The summed E-state index contributed by atoms with van der Waals surface area (Å²) in [5, 5.41) is 8.50. The van der Waals surface area contributed by atoms with Gasteiger partial charge in [-0.15, -0.1) is 10.2 Å². The zero-order valence-corrected chi connectivity index (χ0v) is 16.4. The normalized spacial score (nSPS) is 14.0. The summed E-state index contributed by atoms with van der Waals surface area (Å²) in [6.45, 7) is 4.09. The molecule has 1 aliphatic rings. The van der Waals surface area contributed by atoms with Crippen molar-refractivity contribution in [3.8, 4) is 11.5 Å². The van der Waals surface area contributed by atoms with Crippen molar-refractivity contribution in [2.24, 2.45) is 0 Å². The average molecular weight is 398 g/mol. The SMILES string of the molecule is Cc1cc(/C=C/C(=O)OCc2nnc(-c3ccc(Cl)cc3)o2)c(C)n1C1CC1. The lowest BCUT2D eigenvalue weighted by atomic mass is 10.2. The number of carbonyl (C=O) groups is 1. The van der Waals surface area contributed by atoms with Gasteiger partial charge in [0.15, 0.2) is 6.61 Å². The maximum absolute atomic E-state index is 12.0. The highest BCUT2D eigenvalue weighted by Gasteiger charge is 2.26. The summed E-state index contributed by atoms with van der Waals surface area (Å²) < 4.78 is 13.1. The maximum atomic E-state index is 12.0. The molecule has 1 fully saturated rings. The van der Waals surface area contributed by atoms with E-state index < -0.39 is 5.97 Å². The van der Waals surface area contributed by atoms with E-state index in [9.17, 15) is 4.79 Å². The predicted molar refractivity (Wildman–Crippen MR) is 106 cm³/mol. The van der Waals surface area contributed by atoms with Crippen LogP contribution >= 0.6 is 11.6 Å². The van der Waals surface area contributed by atoms with Crippen molar-refractivity contribution in [2.45, 2.75) is 39.3 Å². The number of aryl methyl sites for hydroxylation is 1. The first-order valence-corrected chi connectivity index (χ1v) is 9.50. The van der Waals surface area contributed by atoms with Gasteiger partial charge in [0.2, 0.25) is 5.89 Å². The molecule has 0 bridgehead atoms. The molecule has 0 aliphatic heterocycles. The molecule has 28 heavy (non-hydrogen) atoms. The summed E-state index contributed by atoms with van der Waals surface area (Å²) in [7, 11) is 0. The number of aromatic nitrogens is 3. The summed E-state index contributed by atoms with van der Waals surface area (Å²) in [6, 6.07) is 9.76. The Morgan fingerprint density at radius 2 is 2.04 bits per heavy atom. The minimum atomic E-state index is -0.456. The molecule has 4 rings (SSSR count). The van der Waals surface area contributed by atoms with Crippen LogP contribution in [0.3, 0.4) is 0 Å². The van der Waals surface area contributed by atoms with Crippen LogP contribution in [0.25, 0.3) is 17.5 Å². The lowest BCUT2D eigenvalue weighted by Crippen LogP contribution is -2.01. The van der Waals surface area contributed by atoms with Crippen LogP contribution < -0.4 is 0 Å². The van der Waals surface area contributed by atoms with Crippen LogP contribution in [0, 0.1) is 13.8 Å². The number of esters is 1. The zero-order chi connectivity index (χ0) is 19.7. The van der Waals surface area contributed by atoms with E-state index in [0.717, 1.165) is 11.1 Å². The number of halogens is 1. The molecule has 1 saturated carbocycles. The minimum absolute atomic E-state index is 0.0785. The lowest BCUT2D eigenvalue weighted by Gasteiger charge is -2.06. The predicted octanol–water partition coefficient (Wildman–Crippen LogP) is 4.90. The maximum Gasteiger partial charge on any atom is 0.331 e. The number of hydrogen-bond acceptors (Lipinski definition) is 5. The quantitative estimate of drug-likeness (QED) is 0.437. The number of hydrogen-bond donors (Lipinski definition) is 0. The Balaban J connectivity index is 1.35. The molecule has 1 aromatic carbocycles. The van der Waals surface area contributed by atoms with Gasteiger partial charge in [-0.2, -0.15) is 0 Å². The minimum Gasteiger partial charge on any atom is -0.452 e.